The summed E-state index contributed by atoms with van der Waals surface area (Å²) in [6.45, 7) is 6.62. The summed E-state index contributed by atoms with van der Waals surface area (Å²) in [4.78, 5) is 0. The first-order valence-corrected chi connectivity index (χ1v) is 2.27. The molecule has 5 heteroatoms. The van der Waals surface area contributed by atoms with Gasteiger partial charge >= 0.3 is 0 Å². The fourth-order valence-electron chi connectivity index (χ4n) is 0. The zero-order chi connectivity index (χ0) is 6.83. The molecular formula is C6H14Cl2O2Ti. The molecule has 0 unspecified atom stereocenters. The van der Waals surface area contributed by atoms with E-state index in [0.717, 1.165) is 0 Å². The van der Waals surface area contributed by atoms with Crippen LogP contribution in [0.25, 0.3) is 0 Å². The molecule has 0 amide bonds. The van der Waals surface area contributed by atoms with Crippen molar-refractivity contribution in [3.63, 3.8) is 0 Å². The average Bonchev–Trinajstić information content (AvgIpc) is 1.88. The number of aliphatic hydroxyl groups excluding tert-OH is 2. The van der Waals surface area contributed by atoms with Crippen LogP contribution in [-0.4, -0.2) is 23.4 Å². The third-order valence-corrected chi connectivity index (χ3v) is 0.258. The van der Waals surface area contributed by atoms with Gasteiger partial charge in [0.25, 0.3) is 0 Å². The van der Waals surface area contributed by atoms with Crippen LogP contribution in [0.3, 0.4) is 0 Å². The number of rotatable bonds is 2. The Morgan fingerprint density at radius 1 is 0.909 bits per heavy atom. The van der Waals surface area contributed by atoms with Crippen LogP contribution in [0.2, 0.25) is 0 Å². The predicted octanol–water partition coefficient (Wildman–Crippen LogP) is 1.17. The molecule has 0 aromatic heterocycles. The molecule has 0 saturated carbocycles. The fraction of sp³-hybridized carbons (Fsp3) is 0.333. The van der Waals surface area contributed by atoms with E-state index in [-0.39, 0.29) is 59.7 Å². The first kappa shape index (κ1) is 29.8. The van der Waals surface area contributed by atoms with Gasteiger partial charge in [-0.05, 0) is 0 Å². The van der Waals surface area contributed by atoms with Gasteiger partial charge in [0.05, 0.1) is 13.2 Å². The molecule has 0 aromatic rings. The molecule has 0 heterocycles. The topological polar surface area (TPSA) is 40.5 Å². The zero-order valence-corrected chi connectivity index (χ0v) is 9.39. The van der Waals surface area contributed by atoms with E-state index >= 15 is 0 Å². The third-order valence-electron chi connectivity index (χ3n) is 0.258. The Morgan fingerprint density at radius 2 is 1.00 bits per heavy atom. The molecule has 0 rings (SSSR count). The van der Waals surface area contributed by atoms with E-state index in [1.54, 1.807) is 0 Å². The summed E-state index contributed by atoms with van der Waals surface area (Å²) in [6, 6.07) is 0. The van der Waals surface area contributed by atoms with Crippen LogP contribution >= 0.6 is 24.8 Å². The van der Waals surface area contributed by atoms with Crippen molar-refractivity contribution in [1.82, 2.24) is 0 Å². The van der Waals surface area contributed by atoms with Gasteiger partial charge in [-0.2, -0.15) is 0 Å². The number of hydrogen-bond donors (Lipinski definition) is 2. The summed E-state index contributed by atoms with van der Waals surface area (Å²) in [6.07, 6.45) is 2.86. The maximum absolute atomic E-state index is 7.76. The molecule has 0 aromatic carbocycles. The summed E-state index contributed by atoms with van der Waals surface area (Å²) in [5, 5.41) is 15.5. The molecule has 11 heavy (non-hydrogen) atoms. The Labute approximate surface area is 95.1 Å². The van der Waals surface area contributed by atoms with E-state index < -0.39 is 0 Å². The van der Waals surface area contributed by atoms with Gasteiger partial charge in [-0.25, -0.2) is 0 Å². The van der Waals surface area contributed by atoms with E-state index in [9.17, 15) is 0 Å². The molecule has 0 bridgehead atoms. The van der Waals surface area contributed by atoms with Crippen LogP contribution < -0.4 is 0 Å². The van der Waals surface area contributed by atoms with Gasteiger partial charge in [0.2, 0.25) is 0 Å². The first-order chi connectivity index (χ1) is 3.83. The Hall–Kier alpha value is 0.694. The average molecular weight is 237 g/mol. The SMILES string of the molecule is C=CCO.C=CCO.Cl.Cl.[Ti]. The molecule has 0 saturated heterocycles. The van der Waals surface area contributed by atoms with E-state index in [2.05, 4.69) is 13.2 Å². The van der Waals surface area contributed by atoms with Crippen LogP contribution in [0.5, 0.6) is 0 Å². The second kappa shape index (κ2) is 45.6. The normalized spacial score (nSPS) is 4.55. The summed E-state index contributed by atoms with van der Waals surface area (Å²) in [7, 11) is 0. The van der Waals surface area contributed by atoms with Crippen molar-refractivity contribution in [2.75, 3.05) is 13.2 Å². The van der Waals surface area contributed by atoms with Crippen LogP contribution in [0.4, 0.5) is 0 Å². The molecule has 0 aliphatic heterocycles. The van der Waals surface area contributed by atoms with Gasteiger partial charge in [0.15, 0.2) is 0 Å². The maximum Gasteiger partial charge on any atom is 0.0609 e. The quantitative estimate of drug-likeness (QED) is 0.559. The zero-order valence-electron chi connectivity index (χ0n) is 6.19. The van der Waals surface area contributed by atoms with E-state index in [1.807, 2.05) is 0 Å². The van der Waals surface area contributed by atoms with Crippen molar-refractivity contribution in [1.29, 1.82) is 0 Å². The van der Waals surface area contributed by atoms with Gasteiger partial charge < -0.3 is 10.2 Å². The molecule has 2 N–H and O–H groups in total. The predicted molar refractivity (Wildman–Crippen MR) is 49.1 cm³/mol. The van der Waals surface area contributed by atoms with Crippen LogP contribution in [0.15, 0.2) is 25.3 Å². The minimum Gasteiger partial charge on any atom is -0.392 e. The molecule has 0 spiro atoms. The van der Waals surface area contributed by atoms with Gasteiger partial charge in [-0.1, -0.05) is 12.2 Å². The van der Waals surface area contributed by atoms with Gasteiger partial charge in [0, 0.05) is 21.7 Å². The second-order valence-electron chi connectivity index (χ2n) is 0.942. The standard InChI is InChI=1S/2C3H6O.2ClH.Ti/c2*1-2-3-4;;;/h2*2,4H,1,3H2;2*1H;. The summed E-state index contributed by atoms with van der Waals surface area (Å²) < 4.78 is 0. The number of hydrogen-bond acceptors (Lipinski definition) is 2. The molecule has 68 valence electrons. The number of halogens is 2. The van der Waals surface area contributed by atoms with Crippen molar-refractivity contribution in [2.45, 2.75) is 0 Å². The molecule has 0 fully saturated rings. The van der Waals surface area contributed by atoms with E-state index in [0.29, 0.717) is 0 Å². The smallest absolute Gasteiger partial charge is 0.0609 e. The van der Waals surface area contributed by atoms with Crippen LogP contribution in [0.1, 0.15) is 0 Å². The monoisotopic (exact) mass is 236 g/mol. The maximum atomic E-state index is 7.76. The third kappa shape index (κ3) is 111. The van der Waals surface area contributed by atoms with Gasteiger partial charge in [-0.15, -0.1) is 38.0 Å². The van der Waals surface area contributed by atoms with Crippen molar-refractivity contribution in [3.05, 3.63) is 25.3 Å². The van der Waals surface area contributed by atoms with E-state index in [4.69, 9.17) is 10.2 Å². The van der Waals surface area contributed by atoms with Gasteiger partial charge in [-0.3, -0.25) is 0 Å². The van der Waals surface area contributed by atoms with Crippen molar-refractivity contribution in [2.24, 2.45) is 0 Å². The molecule has 0 aliphatic carbocycles. The van der Waals surface area contributed by atoms with Crippen molar-refractivity contribution < 1.29 is 31.9 Å². The summed E-state index contributed by atoms with van der Waals surface area (Å²) in [5.74, 6) is 0. The second-order valence-corrected chi connectivity index (χ2v) is 0.942. The van der Waals surface area contributed by atoms with Crippen LogP contribution in [0, 0.1) is 0 Å². The summed E-state index contributed by atoms with van der Waals surface area (Å²) in [5.41, 5.74) is 0. The van der Waals surface area contributed by atoms with Crippen molar-refractivity contribution in [3.8, 4) is 0 Å². The molecule has 0 atom stereocenters. The Kier molecular flexibility index (Phi) is 124. The Balaban J connectivity index is -0.0000000171. The molecule has 0 aliphatic rings. The van der Waals surface area contributed by atoms with E-state index in [1.165, 1.54) is 12.2 Å². The number of aliphatic hydroxyl groups is 2. The Bertz CT molecular complexity index is 54.5. The van der Waals surface area contributed by atoms with Crippen molar-refractivity contribution >= 4 is 24.8 Å². The molecular weight excluding hydrogens is 223 g/mol. The molecule has 0 radical (unpaired) electrons. The fourth-order valence-corrected chi connectivity index (χ4v) is 0. The first-order valence-electron chi connectivity index (χ1n) is 2.27. The largest absolute Gasteiger partial charge is 0.392 e. The minimum absolute atomic E-state index is 0. The van der Waals surface area contributed by atoms with Gasteiger partial charge in [0.1, 0.15) is 0 Å². The molecule has 2 nitrogen and oxygen atoms in total. The minimum atomic E-state index is 0. The Morgan fingerprint density at radius 3 is 1.00 bits per heavy atom. The summed E-state index contributed by atoms with van der Waals surface area (Å²) >= 11 is 0. The van der Waals surface area contributed by atoms with Crippen LogP contribution in [-0.2, 0) is 21.7 Å².